The molecule has 4 rings (SSSR count). The standard InChI is InChI=1S/C29H35N5O4S/c1-5-9-23(26(39)37-4)33-27(36)28(22-13-8-11-19-10-6-7-12-21(19)22)15-24(34-38-28)29(30,18(2)3)25(35)14-20-16-31-17-32-20/h6-8,10-13,16-18,23H,5,9,14-15,30H2,1-4H3,(H,31,32)(H,33,36)/t23-,28?,29-/m0/s1. The number of carbonyl (C=O) groups is 2. The summed E-state index contributed by atoms with van der Waals surface area (Å²) in [6.45, 7) is 5.72. The van der Waals surface area contributed by atoms with Gasteiger partial charge >= 0.3 is 0 Å². The number of methoxy groups -OCH3 is 1. The van der Waals surface area contributed by atoms with Crippen LogP contribution in [-0.4, -0.2) is 51.1 Å². The molecule has 3 aromatic rings. The SMILES string of the molecule is CCC[C@H](NC(=O)C1(c2cccc3ccccc23)CC([C@](N)(C(=O)Cc2cnc[nH]2)C(C)C)=NO1)C(=S)OC. The number of amides is 1. The van der Waals surface area contributed by atoms with Crippen LogP contribution in [0.5, 0.6) is 0 Å². The molecule has 0 fully saturated rings. The lowest BCUT2D eigenvalue weighted by Gasteiger charge is -2.33. The molecule has 1 aromatic heterocycles. The first-order valence-corrected chi connectivity index (χ1v) is 13.5. The minimum Gasteiger partial charge on any atom is -0.488 e. The summed E-state index contributed by atoms with van der Waals surface area (Å²) >= 11 is 5.39. The Morgan fingerprint density at radius 3 is 2.67 bits per heavy atom. The number of imidazole rings is 1. The van der Waals surface area contributed by atoms with E-state index in [1.54, 1.807) is 6.20 Å². The van der Waals surface area contributed by atoms with Crippen molar-refractivity contribution >= 4 is 45.4 Å². The Labute approximate surface area is 233 Å². The summed E-state index contributed by atoms with van der Waals surface area (Å²) in [6.07, 6.45) is 4.51. The van der Waals surface area contributed by atoms with Gasteiger partial charge in [0, 0.05) is 23.9 Å². The molecule has 2 heterocycles. The van der Waals surface area contributed by atoms with E-state index in [0.29, 0.717) is 23.4 Å². The lowest BCUT2D eigenvalue weighted by atomic mass is 9.73. The number of hydrogen-bond acceptors (Lipinski definition) is 8. The number of nitrogens with one attached hydrogen (secondary N) is 2. The van der Waals surface area contributed by atoms with Crippen molar-refractivity contribution in [3.05, 3.63) is 66.2 Å². The van der Waals surface area contributed by atoms with Crippen molar-refractivity contribution in [1.82, 2.24) is 15.3 Å². The number of aromatic nitrogens is 2. The molecule has 0 saturated carbocycles. The summed E-state index contributed by atoms with van der Waals surface area (Å²) in [5.41, 5.74) is 5.41. The van der Waals surface area contributed by atoms with Gasteiger partial charge in [-0.1, -0.05) is 74.8 Å². The maximum Gasteiger partial charge on any atom is 0.272 e. The second-order valence-corrected chi connectivity index (χ2v) is 10.6. The number of Topliss-reactive ketones (excluding diaryl/α,β-unsaturated/α-hetero) is 1. The van der Waals surface area contributed by atoms with Gasteiger partial charge in [0.1, 0.15) is 5.54 Å². The molecule has 9 nitrogen and oxygen atoms in total. The Kier molecular flexibility index (Phi) is 8.46. The Morgan fingerprint density at radius 2 is 2.00 bits per heavy atom. The minimum atomic E-state index is -1.57. The number of H-pyrrole nitrogens is 1. The summed E-state index contributed by atoms with van der Waals surface area (Å²) in [5, 5.41) is 9.47. The number of hydrogen-bond donors (Lipinski definition) is 3. The number of fused-ring (bicyclic) bond motifs is 1. The van der Waals surface area contributed by atoms with Crippen molar-refractivity contribution in [3.63, 3.8) is 0 Å². The molecule has 39 heavy (non-hydrogen) atoms. The van der Waals surface area contributed by atoms with Gasteiger partial charge < -0.3 is 25.6 Å². The van der Waals surface area contributed by atoms with E-state index in [2.05, 4.69) is 20.4 Å². The molecule has 10 heteroatoms. The molecule has 2 aromatic carbocycles. The number of carbonyl (C=O) groups excluding carboxylic acids is 2. The molecule has 206 valence electrons. The van der Waals surface area contributed by atoms with Gasteiger partial charge in [0.15, 0.2) is 10.8 Å². The molecular weight excluding hydrogens is 514 g/mol. The van der Waals surface area contributed by atoms with Crippen LogP contribution in [0, 0.1) is 5.92 Å². The molecule has 3 atom stereocenters. The van der Waals surface area contributed by atoms with Crippen LogP contribution < -0.4 is 11.1 Å². The molecule has 1 aliphatic heterocycles. The van der Waals surface area contributed by atoms with Gasteiger partial charge in [-0.3, -0.25) is 9.59 Å². The smallest absolute Gasteiger partial charge is 0.272 e. The van der Waals surface area contributed by atoms with Crippen LogP contribution >= 0.6 is 12.2 Å². The molecule has 1 aliphatic rings. The average molecular weight is 550 g/mol. The molecule has 1 amide bonds. The zero-order chi connectivity index (χ0) is 28.2. The molecule has 0 aliphatic carbocycles. The number of nitrogens with zero attached hydrogens (tertiary/aromatic N) is 2. The van der Waals surface area contributed by atoms with Gasteiger partial charge in [0.2, 0.25) is 5.60 Å². The van der Waals surface area contributed by atoms with Crippen molar-refractivity contribution in [2.75, 3.05) is 7.11 Å². The fourth-order valence-electron chi connectivity index (χ4n) is 5.09. The third kappa shape index (κ3) is 5.31. The van der Waals surface area contributed by atoms with E-state index in [9.17, 15) is 9.59 Å². The van der Waals surface area contributed by atoms with Gasteiger partial charge in [-0.05, 0) is 35.3 Å². The number of aromatic amines is 1. The fraction of sp³-hybridized carbons (Fsp3) is 0.414. The van der Waals surface area contributed by atoms with Crippen LogP contribution in [-0.2, 0) is 31.2 Å². The second kappa shape index (κ2) is 11.6. The topological polar surface area (TPSA) is 132 Å². The third-order valence-electron chi connectivity index (χ3n) is 7.44. The summed E-state index contributed by atoms with van der Waals surface area (Å²) in [4.78, 5) is 40.9. The van der Waals surface area contributed by atoms with Crippen molar-refractivity contribution in [2.24, 2.45) is 16.8 Å². The number of benzene rings is 2. The van der Waals surface area contributed by atoms with E-state index >= 15 is 0 Å². The Balaban J connectivity index is 1.78. The highest BCUT2D eigenvalue weighted by Crippen LogP contribution is 2.42. The molecule has 0 radical (unpaired) electrons. The highest BCUT2D eigenvalue weighted by atomic mass is 32.1. The number of thiocarbonyl (C=S) groups is 1. The van der Waals surface area contributed by atoms with E-state index in [-0.39, 0.29) is 29.6 Å². The molecule has 0 bridgehead atoms. The van der Waals surface area contributed by atoms with Crippen LogP contribution in [0.2, 0.25) is 0 Å². The third-order valence-corrected chi connectivity index (χ3v) is 7.89. The van der Waals surface area contributed by atoms with E-state index in [4.69, 9.17) is 27.5 Å². The predicted molar refractivity (Wildman–Crippen MR) is 154 cm³/mol. The van der Waals surface area contributed by atoms with E-state index in [0.717, 1.165) is 17.2 Å². The van der Waals surface area contributed by atoms with Crippen molar-refractivity contribution in [3.8, 4) is 0 Å². The van der Waals surface area contributed by atoms with E-state index < -0.39 is 23.1 Å². The van der Waals surface area contributed by atoms with E-state index in [1.165, 1.54) is 13.4 Å². The molecule has 0 saturated heterocycles. The first-order valence-electron chi connectivity index (χ1n) is 13.1. The molecule has 1 unspecified atom stereocenters. The first kappa shape index (κ1) is 28.4. The number of ketones is 1. The summed E-state index contributed by atoms with van der Waals surface area (Å²) in [5.74, 6) is -0.999. The highest BCUT2D eigenvalue weighted by molar-refractivity contribution is 7.80. The van der Waals surface area contributed by atoms with Gasteiger partial charge in [-0.25, -0.2) is 4.98 Å². The Bertz CT molecular complexity index is 1380. The zero-order valence-electron chi connectivity index (χ0n) is 22.7. The summed E-state index contributed by atoms with van der Waals surface area (Å²) < 4.78 is 5.30. The minimum absolute atomic E-state index is 0.00513. The molecular formula is C29H35N5O4S. The highest BCUT2D eigenvalue weighted by Gasteiger charge is 2.55. The average Bonchev–Trinajstić information content (AvgIpc) is 3.62. The van der Waals surface area contributed by atoms with Crippen LogP contribution in [0.1, 0.15) is 51.3 Å². The lowest BCUT2D eigenvalue weighted by Crippen LogP contribution is -2.60. The second-order valence-electron chi connectivity index (χ2n) is 10.2. The largest absolute Gasteiger partial charge is 0.488 e. The zero-order valence-corrected chi connectivity index (χ0v) is 23.5. The maximum absolute atomic E-state index is 14.2. The van der Waals surface area contributed by atoms with Gasteiger partial charge in [0.05, 0.1) is 31.6 Å². The summed E-state index contributed by atoms with van der Waals surface area (Å²) in [7, 11) is 1.49. The first-order chi connectivity index (χ1) is 18.7. The maximum atomic E-state index is 14.2. The Morgan fingerprint density at radius 1 is 1.26 bits per heavy atom. The quantitative estimate of drug-likeness (QED) is 0.309. The van der Waals surface area contributed by atoms with Crippen molar-refractivity contribution < 1.29 is 19.2 Å². The predicted octanol–water partition coefficient (Wildman–Crippen LogP) is 3.96. The van der Waals surface area contributed by atoms with Crippen LogP contribution in [0.4, 0.5) is 0 Å². The van der Waals surface area contributed by atoms with Gasteiger partial charge in [-0.15, -0.1) is 0 Å². The Hall–Kier alpha value is -3.63. The van der Waals surface area contributed by atoms with Gasteiger partial charge in [0.25, 0.3) is 5.91 Å². The van der Waals surface area contributed by atoms with E-state index in [1.807, 2.05) is 63.2 Å². The molecule has 0 spiro atoms. The van der Waals surface area contributed by atoms with Crippen molar-refractivity contribution in [2.45, 2.75) is 63.6 Å². The summed E-state index contributed by atoms with van der Waals surface area (Å²) in [6, 6.07) is 12.9. The number of nitrogens with two attached hydrogens (primary N) is 1. The van der Waals surface area contributed by atoms with Crippen LogP contribution in [0.25, 0.3) is 10.8 Å². The fourth-order valence-corrected chi connectivity index (χ4v) is 5.27. The lowest BCUT2D eigenvalue weighted by molar-refractivity contribution is -0.145. The molecule has 4 N–H and O–H groups in total. The number of ether oxygens (including phenoxy) is 1. The normalized spacial score (nSPS) is 19.2. The van der Waals surface area contributed by atoms with Crippen LogP contribution in [0.15, 0.2) is 60.1 Å². The van der Waals surface area contributed by atoms with Gasteiger partial charge in [-0.2, -0.15) is 0 Å². The number of rotatable bonds is 11. The monoisotopic (exact) mass is 549 g/mol. The number of oxime groups is 1. The van der Waals surface area contributed by atoms with Crippen molar-refractivity contribution in [1.29, 1.82) is 0 Å². The van der Waals surface area contributed by atoms with Crippen LogP contribution in [0.3, 0.4) is 0 Å².